The van der Waals surface area contributed by atoms with Crippen molar-refractivity contribution in [2.75, 3.05) is 6.61 Å². The number of ether oxygens (including phenoxy) is 1. The fraction of sp³-hybridized carbons (Fsp3) is 0.400. The van der Waals surface area contributed by atoms with Crippen LogP contribution in [-0.4, -0.2) is 23.5 Å². The Kier molecular flexibility index (Phi) is 4.30. The van der Waals surface area contributed by atoms with Crippen LogP contribution in [0.15, 0.2) is 40.7 Å². The third-order valence-corrected chi connectivity index (χ3v) is 4.00. The van der Waals surface area contributed by atoms with Gasteiger partial charge in [0.05, 0.1) is 11.6 Å². The van der Waals surface area contributed by atoms with E-state index in [9.17, 15) is 4.79 Å². The molecule has 0 unspecified atom stereocenters. The van der Waals surface area contributed by atoms with Crippen molar-refractivity contribution in [3.8, 4) is 0 Å². The highest BCUT2D eigenvalue weighted by Gasteiger charge is 2.37. The molecule has 2 rings (SSSR count). The summed E-state index contributed by atoms with van der Waals surface area (Å²) in [4.78, 5) is 14.5. The standard InChI is InChI=1S/C15H18BrNO2/c1-4-14-17(13(9-19-14)10(2)3)15(18)11-7-5-6-8-12(11)16/h4-8,10,13H,9H2,1-3H3/b14-4-/t13-/m1/s1. The van der Waals surface area contributed by atoms with Crippen LogP contribution in [0.1, 0.15) is 31.1 Å². The van der Waals surface area contributed by atoms with Crippen LogP contribution in [0.2, 0.25) is 0 Å². The molecule has 0 N–H and O–H groups in total. The molecule has 1 saturated heterocycles. The van der Waals surface area contributed by atoms with Crippen LogP contribution in [-0.2, 0) is 4.74 Å². The molecule has 19 heavy (non-hydrogen) atoms. The minimum atomic E-state index is -0.0169. The van der Waals surface area contributed by atoms with Gasteiger partial charge in [0.25, 0.3) is 5.91 Å². The summed E-state index contributed by atoms with van der Waals surface area (Å²) in [6, 6.07) is 7.57. The van der Waals surface area contributed by atoms with E-state index in [4.69, 9.17) is 4.74 Å². The van der Waals surface area contributed by atoms with Crippen LogP contribution in [0.3, 0.4) is 0 Å². The zero-order chi connectivity index (χ0) is 14.0. The van der Waals surface area contributed by atoms with Gasteiger partial charge in [0.1, 0.15) is 6.61 Å². The van der Waals surface area contributed by atoms with Crippen molar-refractivity contribution in [3.63, 3.8) is 0 Å². The van der Waals surface area contributed by atoms with Gasteiger partial charge in [0.2, 0.25) is 0 Å². The van der Waals surface area contributed by atoms with Crippen LogP contribution in [0.4, 0.5) is 0 Å². The number of hydrogen-bond acceptors (Lipinski definition) is 2. The van der Waals surface area contributed by atoms with E-state index in [1.54, 1.807) is 4.90 Å². The molecule has 1 aromatic carbocycles. The van der Waals surface area contributed by atoms with Gasteiger partial charge in [-0.1, -0.05) is 26.0 Å². The minimum absolute atomic E-state index is 0.0169. The Balaban J connectivity index is 2.37. The van der Waals surface area contributed by atoms with Gasteiger partial charge in [-0.05, 0) is 47.0 Å². The van der Waals surface area contributed by atoms with E-state index in [1.807, 2.05) is 37.3 Å². The predicted octanol–water partition coefficient (Wildman–Crippen LogP) is 3.81. The normalized spacial score (nSPS) is 21.0. The second-order valence-electron chi connectivity index (χ2n) is 4.90. The van der Waals surface area contributed by atoms with Crippen LogP contribution < -0.4 is 0 Å². The van der Waals surface area contributed by atoms with Crippen LogP contribution >= 0.6 is 15.9 Å². The molecule has 4 heteroatoms. The Bertz CT molecular complexity index is 511. The summed E-state index contributed by atoms with van der Waals surface area (Å²) in [6.07, 6.45) is 1.84. The molecule has 0 radical (unpaired) electrons. The maximum atomic E-state index is 12.7. The molecule has 1 aliphatic heterocycles. The third kappa shape index (κ3) is 2.68. The summed E-state index contributed by atoms with van der Waals surface area (Å²) in [6.45, 7) is 6.66. The van der Waals surface area contributed by atoms with Gasteiger partial charge in [0, 0.05) is 4.47 Å². The topological polar surface area (TPSA) is 29.5 Å². The molecule has 102 valence electrons. The Morgan fingerprint density at radius 1 is 1.47 bits per heavy atom. The van der Waals surface area contributed by atoms with Crippen LogP contribution in [0.5, 0.6) is 0 Å². The van der Waals surface area contributed by atoms with Crippen molar-refractivity contribution in [3.05, 3.63) is 46.3 Å². The smallest absolute Gasteiger partial charge is 0.262 e. The predicted molar refractivity (Wildman–Crippen MR) is 78.6 cm³/mol. The number of benzene rings is 1. The summed E-state index contributed by atoms with van der Waals surface area (Å²) in [5.41, 5.74) is 0.665. The van der Waals surface area contributed by atoms with Crippen molar-refractivity contribution in [2.24, 2.45) is 5.92 Å². The van der Waals surface area contributed by atoms with E-state index in [0.717, 1.165) is 4.47 Å². The molecule has 1 atom stereocenters. The summed E-state index contributed by atoms with van der Waals surface area (Å²) < 4.78 is 6.43. The number of rotatable bonds is 2. The zero-order valence-electron chi connectivity index (χ0n) is 11.4. The lowest BCUT2D eigenvalue weighted by molar-refractivity contribution is 0.0742. The molecule has 1 amide bonds. The summed E-state index contributed by atoms with van der Waals surface area (Å²) in [5, 5.41) is 0. The molecular weight excluding hydrogens is 306 g/mol. The van der Waals surface area contributed by atoms with E-state index in [0.29, 0.717) is 24.0 Å². The molecule has 0 aromatic heterocycles. The summed E-state index contributed by atoms with van der Waals surface area (Å²) in [7, 11) is 0. The Morgan fingerprint density at radius 2 is 2.16 bits per heavy atom. The number of halogens is 1. The molecule has 3 nitrogen and oxygen atoms in total. The Morgan fingerprint density at radius 3 is 2.74 bits per heavy atom. The third-order valence-electron chi connectivity index (χ3n) is 3.31. The molecule has 1 fully saturated rings. The van der Waals surface area contributed by atoms with Crippen LogP contribution in [0.25, 0.3) is 0 Å². The van der Waals surface area contributed by atoms with Gasteiger partial charge in [-0.25, -0.2) is 0 Å². The first kappa shape index (κ1) is 14.1. The molecule has 0 aliphatic carbocycles. The van der Waals surface area contributed by atoms with E-state index >= 15 is 0 Å². The number of hydrogen-bond donors (Lipinski definition) is 0. The fourth-order valence-electron chi connectivity index (χ4n) is 2.21. The molecule has 0 bridgehead atoms. The molecule has 1 aliphatic rings. The van der Waals surface area contributed by atoms with Gasteiger partial charge >= 0.3 is 0 Å². The highest BCUT2D eigenvalue weighted by atomic mass is 79.9. The quantitative estimate of drug-likeness (QED) is 0.828. The van der Waals surface area contributed by atoms with Gasteiger partial charge in [-0.15, -0.1) is 0 Å². The van der Waals surface area contributed by atoms with Gasteiger partial charge in [-0.2, -0.15) is 0 Å². The van der Waals surface area contributed by atoms with E-state index < -0.39 is 0 Å². The lowest BCUT2D eigenvalue weighted by atomic mass is 10.0. The first-order valence-electron chi connectivity index (χ1n) is 6.43. The Labute approximate surface area is 122 Å². The van der Waals surface area contributed by atoms with E-state index in [2.05, 4.69) is 29.8 Å². The largest absolute Gasteiger partial charge is 0.477 e. The molecular formula is C15H18BrNO2. The van der Waals surface area contributed by atoms with Gasteiger partial charge in [0.15, 0.2) is 5.88 Å². The highest BCUT2D eigenvalue weighted by Crippen LogP contribution is 2.29. The van der Waals surface area contributed by atoms with Gasteiger partial charge in [-0.3, -0.25) is 9.69 Å². The molecule has 1 heterocycles. The van der Waals surface area contributed by atoms with Crippen molar-refractivity contribution in [2.45, 2.75) is 26.8 Å². The molecule has 0 spiro atoms. The molecule has 1 aromatic rings. The number of amides is 1. The van der Waals surface area contributed by atoms with Crippen LogP contribution in [0, 0.1) is 5.92 Å². The Hall–Kier alpha value is -1.29. The maximum absolute atomic E-state index is 12.7. The lowest BCUT2D eigenvalue weighted by Crippen LogP contribution is -2.39. The molecule has 0 saturated carbocycles. The number of allylic oxidation sites excluding steroid dienone is 1. The first-order chi connectivity index (χ1) is 9.06. The van der Waals surface area contributed by atoms with Crippen molar-refractivity contribution >= 4 is 21.8 Å². The summed E-state index contributed by atoms with van der Waals surface area (Å²) in [5.74, 6) is 0.986. The average Bonchev–Trinajstić information content (AvgIpc) is 2.82. The SMILES string of the molecule is C/C=C1\OC[C@H](C(C)C)N1C(=O)c1ccccc1Br. The monoisotopic (exact) mass is 323 g/mol. The first-order valence-corrected chi connectivity index (χ1v) is 7.22. The number of carbonyl (C=O) groups is 1. The fourth-order valence-corrected chi connectivity index (χ4v) is 2.66. The van der Waals surface area contributed by atoms with E-state index in [-0.39, 0.29) is 11.9 Å². The van der Waals surface area contributed by atoms with Crippen molar-refractivity contribution in [1.29, 1.82) is 0 Å². The zero-order valence-corrected chi connectivity index (χ0v) is 13.0. The second-order valence-corrected chi connectivity index (χ2v) is 5.76. The van der Waals surface area contributed by atoms with Crippen molar-refractivity contribution < 1.29 is 9.53 Å². The lowest BCUT2D eigenvalue weighted by Gasteiger charge is -2.25. The maximum Gasteiger partial charge on any atom is 0.262 e. The van der Waals surface area contributed by atoms with Crippen molar-refractivity contribution in [1.82, 2.24) is 4.90 Å². The van der Waals surface area contributed by atoms with Gasteiger partial charge < -0.3 is 4.74 Å². The highest BCUT2D eigenvalue weighted by molar-refractivity contribution is 9.10. The van der Waals surface area contributed by atoms with E-state index in [1.165, 1.54) is 0 Å². The average molecular weight is 324 g/mol. The second kappa shape index (κ2) is 5.78. The number of nitrogens with zero attached hydrogens (tertiary/aromatic N) is 1. The minimum Gasteiger partial charge on any atom is -0.477 e. The summed E-state index contributed by atoms with van der Waals surface area (Å²) >= 11 is 3.44. The number of carbonyl (C=O) groups excluding carboxylic acids is 1.